The smallest absolute Gasteiger partial charge is 0.164 e. The monoisotopic (exact) mass is 531 g/mol. The third-order valence-corrected chi connectivity index (χ3v) is 7.12. The van der Waals surface area contributed by atoms with Gasteiger partial charge in [0.1, 0.15) is 24.4 Å². The summed E-state index contributed by atoms with van der Waals surface area (Å²) in [5, 5.41) is 2.00. The summed E-state index contributed by atoms with van der Waals surface area (Å²) in [6.45, 7) is 8.21. The molecule has 0 radical (unpaired) electrons. The van der Waals surface area contributed by atoms with E-state index in [0.717, 1.165) is 10.8 Å². The number of benzene rings is 1. The molecule has 7 nitrogen and oxygen atoms in total. The number of fused-ring (bicyclic) bond motifs is 1. The Hall–Kier alpha value is -0.330. The van der Waals surface area contributed by atoms with Gasteiger partial charge in [0, 0.05) is 4.43 Å². The molecule has 0 bridgehead atoms. The molecule has 8 heteroatoms. The highest BCUT2D eigenvalue weighted by Crippen LogP contribution is 2.47. The average molecular weight is 531 g/mol. The first-order valence-corrected chi connectivity index (χ1v) is 12.2. The minimum Gasteiger partial charge on any atom is -0.349 e. The van der Waals surface area contributed by atoms with Crippen LogP contribution in [0, 0.1) is 0 Å². The minimum atomic E-state index is -0.685. The number of hydrogen-bond acceptors (Lipinski definition) is 7. The normalized spacial score (nSPS) is 42.6. The molecule has 7 unspecified atom stereocenters. The summed E-state index contributed by atoms with van der Waals surface area (Å²) >= 11 is 2.38. The van der Waals surface area contributed by atoms with Gasteiger partial charge in [-0.3, -0.25) is 4.84 Å². The van der Waals surface area contributed by atoms with E-state index in [-0.39, 0.29) is 42.8 Å². The Kier molecular flexibility index (Phi) is 5.67. The van der Waals surface area contributed by atoms with Crippen molar-refractivity contribution in [1.82, 2.24) is 5.06 Å². The Balaban J connectivity index is 1.44. The van der Waals surface area contributed by atoms with E-state index in [4.69, 9.17) is 28.5 Å². The van der Waals surface area contributed by atoms with Gasteiger partial charge in [-0.05, 0) is 39.7 Å². The molecule has 0 spiro atoms. The van der Waals surface area contributed by atoms with E-state index < -0.39 is 11.6 Å². The first kappa shape index (κ1) is 21.5. The van der Waals surface area contributed by atoms with Gasteiger partial charge in [0.15, 0.2) is 17.8 Å². The van der Waals surface area contributed by atoms with Crippen LogP contribution in [0.1, 0.15) is 45.7 Å². The number of rotatable bonds is 4. The zero-order valence-electron chi connectivity index (χ0n) is 17.8. The van der Waals surface area contributed by atoms with Crippen molar-refractivity contribution in [3.05, 3.63) is 35.9 Å². The molecule has 4 aliphatic rings. The van der Waals surface area contributed by atoms with Crippen LogP contribution in [0.25, 0.3) is 0 Å². The van der Waals surface area contributed by atoms with E-state index in [1.165, 1.54) is 5.56 Å². The van der Waals surface area contributed by atoms with Crippen LogP contribution in [-0.2, 0) is 28.5 Å². The van der Waals surface area contributed by atoms with Crippen LogP contribution in [0.3, 0.4) is 0 Å². The van der Waals surface area contributed by atoms with Crippen LogP contribution >= 0.6 is 22.6 Å². The van der Waals surface area contributed by atoms with Crippen LogP contribution in [0.4, 0.5) is 0 Å². The average Bonchev–Trinajstić information content (AvgIpc) is 3.43. The largest absolute Gasteiger partial charge is 0.349 e. The maximum Gasteiger partial charge on any atom is 0.164 e. The molecule has 1 aromatic carbocycles. The Labute approximate surface area is 191 Å². The van der Waals surface area contributed by atoms with Crippen molar-refractivity contribution in [2.75, 3.05) is 11.0 Å². The van der Waals surface area contributed by atoms with Crippen LogP contribution in [-0.4, -0.2) is 64.4 Å². The predicted octanol–water partition coefficient (Wildman–Crippen LogP) is 3.57. The highest BCUT2D eigenvalue weighted by Gasteiger charge is 2.62. The van der Waals surface area contributed by atoms with Crippen LogP contribution < -0.4 is 0 Å². The maximum atomic E-state index is 6.57. The molecule has 0 N–H and O–H groups in total. The predicted molar refractivity (Wildman–Crippen MR) is 117 cm³/mol. The molecule has 0 saturated carbocycles. The van der Waals surface area contributed by atoms with Crippen molar-refractivity contribution in [3.63, 3.8) is 0 Å². The molecule has 1 aromatic rings. The van der Waals surface area contributed by atoms with Gasteiger partial charge in [0.25, 0.3) is 0 Å². The molecule has 4 fully saturated rings. The van der Waals surface area contributed by atoms with Crippen molar-refractivity contribution in [2.24, 2.45) is 0 Å². The number of hydrogen-bond donors (Lipinski definition) is 0. The zero-order valence-corrected chi connectivity index (χ0v) is 20.0. The van der Waals surface area contributed by atoms with E-state index in [1.807, 2.05) is 38.8 Å². The molecule has 4 heterocycles. The molecule has 5 rings (SSSR count). The topological polar surface area (TPSA) is 58.6 Å². The van der Waals surface area contributed by atoms with Crippen molar-refractivity contribution in [3.8, 4) is 0 Å². The molecule has 4 saturated heterocycles. The molecule has 166 valence electrons. The molecule has 7 atom stereocenters. The summed E-state index contributed by atoms with van der Waals surface area (Å²) in [6, 6.07) is 10.6. The van der Waals surface area contributed by atoms with Gasteiger partial charge in [0.2, 0.25) is 0 Å². The molecule has 0 aliphatic carbocycles. The quantitative estimate of drug-likeness (QED) is 0.435. The van der Waals surface area contributed by atoms with Crippen LogP contribution in [0.2, 0.25) is 0 Å². The molecule has 4 aliphatic heterocycles. The van der Waals surface area contributed by atoms with Crippen molar-refractivity contribution in [2.45, 2.75) is 88.5 Å². The van der Waals surface area contributed by atoms with Gasteiger partial charge < -0.3 is 23.7 Å². The maximum absolute atomic E-state index is 6.57. The van der Waals surface area contributed by atoms with E-state index >= 15 is 0 Å². The molecular weight excluding hydrogens is 501 g/mol. The van der Waals surface area contributed by atoms with E-state index in [1.54, 1.807) is 0 Å². The zero-order chi connectivity index (χ0) is 21.1. The fourth-order valence-electron chi connectivity index (χ4n) is 4.92. The minimum absolute atomic E-state index is 0.0971. The van der Waals surface area contributed by atoms with Crippen molar-refractivity contribution in [1.29, 1.82) is 0 Å². The summed E-state index contributed by atoms with van der Waals surface area (Å²) in [7, 11) is 0. The third-order valence-electron chi connectivity index (χ3n) is 6.13. The second-order valence-electron chi connectivity index (χ2n) is 9.33. The number of nitrogens with zero attached hydrogens (tertiary/aromatic N) is 1. The lowest BCUT2D eigenvalue weighted by atomic mass is 10.0. The Morgan fingerprint density at radius 3 is 2.37 bits per heavy atom. The van der Waals surface area contributed by atoms with Gasteiger partial charge in [0.05, 0.1) is 18.8 Å². The molecular formula is C22H30INO6. The highest BCUT2D eigenvalue weighted by atomic mass is 127. The summed E-state index contributed by atoms with van der Waals surface area (Å²) in [5.41, 5.74) is 1.22. The highest BCUT2D eigenvalue weighted by molar-refractivity contribution is 14.1. The van der Waals surface area contributed by atoms with Crippen LogP contribution in [0.5, 0.6) is 0 Å². The van der Waals surface area contributed by atoms with E-state index in [0.29, 0.717) is 6.61 Å². The van der Waals surface area contributed by atoms with Gasteiger partial charge >= 0.3 is 0 Å². The second-order valence-corrected chi connectivity index (χ2v) is 10.2. The lowest BCUT2D eigenvalue weighted by Gasteiger charge is -2.33. The number of alkyl halides is 1. The van der Waals surface area contributed by atoms with Gasteiger partial charge in [-0.2, -0.15) is 0 Å². The van der Waals surface area contributed by atoms with Crippen molar-refractivity contribution < 1.29 is 28.5 Å². The van der Waals surface area contributed by atoms with E-state index in [2.05, 4.69) is 46.9 Å². The van der Waals surface area contributed by atoms with E-state index in [9.17, 15) is 0 Å². The number of ether oxygens (including phenoxy) is 5. The Morgan fingerprint density at radius 1 is 0.967 bits per heavy atom. The second kappa shape index (κ2) is 7.91. The molecule has 0 amide bonds. The van der Waals surface area contributed by atoms with Crippen molar-refractivity contribution >= 4 is 22.6 Å². The number of hydroxylamine groups is 2. The lowest BCUT2D eigenvalue weighted by molar-refractivity contribution is -0.290. The Morgan fingerprint density at radius 2 is 1.70 bits per heavy atom. The molecule has 0 aromatic heterocycles. The summed E-state index contributed by atoms with van der Waals surface area (Å²) < 4.78 is 32.0. The SMILES string of the molecule is CC1(C)OCC(C2OC(N3OC(CI)CC3c3ccccc3)C3OC(C)(C)OC23)O1. The lowest BCUT2D eigenvalue weighted by Crippen LogP contribution is -2.43. The summed E-state index contributed by atoms with van der Waals surface area (Å²) in [4.78, 5) is 6.38. The molecule has 30 heavy (non-hydrogen) atoms. The standard InChI is InChI=1S/C22H30INO6/c1-21(2)25-12-16(27-21)17-18-19(29-22(3,4)28-18)20(26-17)24-15(10-14(11-23)30-24)13-8-6-5-7-9-13/h5-9,14-20H,10-12H2,1-4H3. The summed E-state index contributed by atoms with van der Waals surface area (Å²) in [6.07, 6.45) is -0.350. The fourth-order valence-corrected chi connectivity index (χ4v) is 5.44. The first-order chi connectivity index (χ1) is 14.3. The van der Waals surface area contributed by atoms with Gasteiger partial charge in [-0.1, -0.05) is 52.9 Å². The summed E-state index contributed by atoms with van der Waals surface area (Å²) in [5.74, 6) is -1.31. The third kappa shape index (κ3) is 3.94. The number of halogens is 1. The fraction of sp³-hybridized carbons (Fsp3) is 0.727. The Bertz CT molecular complexity index is 761. The van der Waals surface area contributed by atoms with Gasteiger partial charge in [-0.25, -0.2) is 0 Å². The first-order valence-electron chi connectivity index (χ1n) is 10.7. The van der Waals surface area contributed by atoms with Crippen LogP contribution in [0.15, 0.2) is 30.3 Å². The van der Waals surface area contributed by atoms with Gasteiger partial charge in [-0.15, -0.1) is 5.06 Å².